The van der Waals surface area contributed by atoms with Crippen LogP contribution in [0, 0.1) is 5.95 Å². The van der Waals surface area contributed by atoms with Crippen molar-refractivity contribution in [3.8, 4) is 0 Å². The molecular formula is C16H15FN2O2. The summed E-state index contributed by atoms with van der Waals surface area (Å²) in [5.41, 5.74) is 1.44. The zero-order valence-corrected chi connectivity index (χ0v) is 11.4. The van der Waals surface area contributed by atoms with Gasteiger partial charge in [-0.05, 0) is 17.7 Å². The highest BCUT2D eigenvalue weighted by Crippen LogP contribution is 2.22. The predicted molar refractivity (Wildman–Crippen MR) is 75.2 cm³/mol. The number of halogens is 1. The summed E-state index contributed by atoms with van der Waals surface area (Å²) < 4.78 is 18.5. The van der Waals surface area contributed by atoms with Gasteiger partial charge in [-0.3, -0.25) is 4.79 Å². The SMILES string of the molecule is O=C(c1ccc(F)nc1)N1CCOC(c2ccccc2)C1. The highest BCUT2D eigenvalue weighted by Gasteiger charge is 2.26. The number of morpholine rings is 1. The normalized spacial score (nSPS) is 18.5. The molecule has 1 fully saturated rings. The Bertz CT molecular complexity index is 616. The minimum absolute atomic E-state index is 0.127. The summed E-state index contributed by atoms with van der Waals surface area (Å²) in [6.45, 7) is 1.50. The second-order valence-electron chi connectivity index (χ2n) is 4.89. The van der Waals surface area contributed by atoms with E-state index in [9.17, 15) is 9.18 Å². The molecule has 4 nitrogen and oxygen atoms in total. The van der Waals surface area contributed by atoms with Crippen LogP contribution in [0.15, 0.2) is 48.7 Å². The van der Waals surface area contributed by atoms with Crippen LogP contribution in [-0.4, -0.2) is 35.5 Å². The number of hydrogen-bond acceptors (Lipinski definition) is 3. The molecule has 0 saturated carbocycles. The average Bonchev–Trinajstić information content (AvgIpc) is 2.56. The third-order valence-corrected chi connectivity index (χ3v) is 3.50. The molecule has 2 heterocycles. The molecule has 3 rings (SSSR count). The number of carbonyl (C=O) groups excluding carboxylic acids is 1. The Kier molecular flexibility index (Phi) is 3.92. The van der Waals surface area contributed by atoms with Gasteiger partial charge in [-0.2, -0.15) is 4.39 Å². The Labute approximate surface area is 122 Å². The number of pyridine rings is 1. The van der Waals surface area contributed by atoms with Gasteiger partial charge in [0.1, 0.15) is 6.10 Å². The molecule has 21 heavy (non-hydrogen) atoms. The zero-order chi connectivity index (χ0) is 14.7. The lowest BCUT2D eigenvalue weighted by Gasteiger charge is -2.33. The molecule has 108 valence electrons. The fourth-order valence-corrected chi connectivity index (χ4v) is 2.39. The molecule has 2 aromatic rings. The standard InChI is InChI=1S/C16H15FN2O2/c17-15-7-6-13(10-18-15)16(20)19-8-9-21-14(11-19)12-4-2-1-3-5-12/h1-7,10,14H,8-9,11H2. The van der Waals surface area contributed by atoms with Gasteiger partial charge in [0.2, 0.25) is 5.95 Å². The molecule has 1 saturated heterocycles. The minimum atomic E-state index is -0.587. The van der Waals surface area contributed by atoms with Gasteiger partial charge in [0.05, 0.1) is 18.7 Å². The van der Waals surface area contributed by atoms with Crippen molar-refractivity contribution < 1.29 is 13.9 Å². The molecular weight excluding hydrogens is 271 g/mol. The van der Waals surface area contributed by atoms with Gasteiger partial charge in [-0.15, -0.1) is 0 Å². The highest BCUT2D eigenvalue weighted by atomic mass is 19.1. The number of hydrogen-bond donors (Lipinski definition) is 0. The third kappa shape index (κ3) is 3.08. The fourth-order valence-electron chi connectivity index (χ4n) is 2.39. The molecule has 0 radical (unpaired) electrons. The van der Waals surface area contributed by atoms with Crippen LogP contribution in [0.2, 0.25) is 0 Å². The molecule has 1 aliphatic heterocycles. The number of carbonyl (C=O) groups is 1. The highest BCUT2D eigenvalue weighted by molar-refractivity contribution is 5.93. The van der Waals surface area contributed by atoms with Crippen molar-refractivity contribution in [1.82, 2.24) is 9.88 Å². The van der Waals surface area contributed by atoms with E-state index < -0.39 is 5.95 Å². The van der Waals surface area contributed by atoms with Crippen LogP contribution in [0.25, 0.3) is 0 Å². The Morgan fingerprint density at radius 2 is 2.05 bits per heavy atom. The molecule has 0 bridgehead atoms. The van der Waals surface area contributed by atoms with Crippen molar-refractivity contribution in [3.05, 3.63) is 65.7 Å². The van der Waals surface area contributed by atoms with Crippen LogP contribution in [0.3, 0.4) is 0 Å². The molecule has 0 N–H and O–H groups in total. The van der Waals surface area contributed by atoms with Crippen LogP contribution in [0.5, 0.6) is 0 Å². The lowest BCUT2D eigenvalue weighted by atomic mass is 10.1. The number of amides is 1. The van der Waals surface area contributed by atoms with Crippen molar-refractivity contribution in [2.24, 2.45) is 0 Å². The second-order valence-corrected chi connectivity index (χ2v) is 4.89. The predicted octanol–water partition coefficient (Wildman–Crippen LogP) is 2.43. The van der Waals surface area contributed by atoms with Gasteiger partial charge in [0.15, 0.2) is 0 Å². The Hall–Kier alpha value is -2.27. The van der Waals surface area contributed by atoms with Gasteiger partial charge in [-0.25, -0.2) is 4.98 Å². The first-order valence-corrected chi connectivity index (χ1v) is 6.81. The van der Waals surface area contributed by atoms with E-state index in [1.807, 2.05) is 30.3 Å². The quantitative estimate of drug-likeness (QED) is 0.796. The minimum Gasteiger partial charge on any atom is -0.370 e. The van der Waals surface area contributed by atoms with Crippen LogP contribution >= 0.6 is 0 Å². The van der Waals surface area contributed by atoms with Crippen LogP contribution in [0.4, 0.5) is 4.39 Å². The van der Waals surface area contributed by atoms with Crippen molar-refractivity contribution in [2.45, 2.75) is 6.10 Å². The monoisotopic (exact) mass is 286 g/mol. The van der Waals surface area contributed by atoms with Gasteiger partial charge >= 0.3 is 0 Å². The van der Waals surface area contributed by atoms with E-state index in [2.05, 4.69) is 4.98 Å². The number of benzene rings is 1. The summed E-state index contributed by atoms with van der Waals surface area (Å²) in [6, 6.07) is 12.5. The summed E-state index contributed by atoms with van der Waals surface area (Å²) in [7, 11) is 0. The molecule has 0 spiro atoms. The van der Waals surface area contributed by atoms with Crippen LogP contribution < -0.4 is 0 Å². The first-order valence-electron chi connectivity index (χ1n) is 6.81. The summed E-state index contributed by atoms with van der Waals surface area (Å²) in [4.78, 5) is 17.6. The molecule has 1 atom stereocenters. The number of aromatic nitrogens is 1. The van der Waals surface area contributed by atoms with E-state index in [1.165, 1.54) is 18.3 Å². The first-order chi connectivity index (χ1) is 10.2. The number of ether oxygens (including phenoxy) is 1. The maximum atomic E-state index is 12.8. The van der Waals surface area contributed by atoms with E-state index in [4.69, 9.17) is 4.74 Å². The molecule has 1 aromatic heterocycles. The van der Waals surface area contributed by atoms with E-state index >= 15 is 0 Å². The zero-order valence-electron chi connectivity index (χ0n) is 11.4. The van der Waals surface area contributed by atoms with E-state index in [-0.39, 0.29) is 12.0 Å². The number of nitrogens with zero attached hydrogens (tertiary/aromatic N) is 2. The maximum absolute atomic E-state index is 12.8. The Balaban J connectivity index is 1.74. The molecule has 1 aliphatic rings. The Morgan fingerprint density at radius 3 is 2.76 bits per heavy atom. The molecule has 1 aromatic carbocycles. The van der Waals surface area contributed by atoms with Gasteiger partial charge in [-0.1, -0.05) is 30.3 Å². The topological polar surface area (TPSA) is 42.4 Å². The van der Waals surface area contributed by atoms with Gasteiger partial charge in [0.25, 0.3) is 5.91 Å². The van der Waals surface area contributed by atoms with Crippen molar-refractivity contribution in [3.63, 3.8) is 0 Å². The van der Waals surface area contributed by atoms with Gasteiger partial charge in [0, 0.05) is 12.7 Å². The fraction of sp³-hybridized carbons (Fsp3) is 0.250. The van der Waals surface area contributed by atoms with Crippen LogP contribution in [-0.2, 0) is 4.74 Å². The molecule has 1 amide bonds. The number of rotatable bonds is 2. The van der Waals surface area contributed by atoms with E-state index in [1.54, 1.807) is 4.90 Å². The van der Waals surface area contributed by atoms with E-state index in [0.717, 1.165) is 5.56 Å². The van der Waals surface area contributed by atoms with Crippen molar-refractivity contribution >= 4 is 5.91 Å². The maximum Gasteiger partial charge on any atom is 0.255 e. The van der Waals surface area contributed by atoms with Gasteiger partial charge < -0.3 is 9.64 Å². The lowest BCUT2D eigenvalue weighted by molar-refractivity contribution is -0.0228. The summed E-state index contributed by atoms with van der Waals surface area (Å²) in [6.07, 6.45) is 1.14. The first kappa shape index (κ1) is 13.7. The average molecular weight is 286 g/mol. The molecule has 5 heteroatoms. The van der Waals surface area contributed by atoms with Crippen molar-refractivity contribution in [1.29, 1.82) is 0 Å². The van der Waals surface area contributed by atoms with Crippen molar-refractivity contribution in [2.75, 3.05) is 19.7 Å². The van der Waals surface area contributed by atoms with E-state index in [0.29, 0.717) is 25.3 Å². The summed E-state index contributed by atoms with van der Waals surface area (Å²) in [5, 5.41) is 0. The summed E-state index contributed by atoms with van der Waals surface area (Å²) >= 11 is 0. The Morgan fingerprint density at radius 1 is 1.24 bits per heavy atom. The molecule has 1 unspecified atom stereocenters. The largest absolute Gasteiger partial charge is 0.370 e. The second kappa shape index (κ2) is 6.01. The lowest BCUT2D eigenvalue weighted by Crippen LogP contribution is -2.42. The molecule has 0 aliphatic carbocycles. The van der Waals surface area contributed by atoms with Crippen LogP contribution in [0.1, 0.15) is 22.0 Å². The third-order valence-electron chi connectivity index (χ3n) is 3.50. The smallest absolute Gasteiger partial charge is 0.255 e. The summed E-state index contributed by atoms with van der Waals surface area (Å²) in [5.74, 6) is -0.734.